The highest BCUT2D eigenvalue weighted by Crippen LogP contribution is 2.32. The minimum atomic E-state index is -2.91. The van der Waals surface area contributed by atoms with Gasteiger partial charge in [0.2, 0.25) is 5.91 Å². The fourth-order valence-electron chi connectivity index (χ4n) is 2.62. The summed E-state index contributed by atoms with van der Waals surface area (Å²) in [4.78, 5) is 37.7. The summed E-state index contributed by atoms with van der Waals surface area (Å²) < 4.78 is 28.6. The highest BCUT2D eigenvalue weighted by Gasteiger charge is 2.34. The predicted octanol–water partition coefficient (Wildman–Crippen LogP) is 3.88. The van der Waals surface area contributed by atoms with Gasteiger partial charge in [-0.2, -0.15) is 8.78 Å². The normalized spacial score (nSPS) is 16.8. The van der Waals surface area contributed by atoms with Gasteiger partial charge in [0.05, 0.1) is 4.91 Å². The van der Waals surface area contributed by atoms with Crippen molar-refractivity contribution in [1.82, 2.24) is 10.2 Å². The third-order valence-corrected chi connectivity index (χ3v) is 4.99. The Morgan fingerprint density at radius 2 is 1.96 bits per heavy atom. The molecule has 1 atom stereocenters. The van der Waals surface area contributed by atoms with E-state index < -0.39 is 17.8 Å². The summed E-state index contributed by atoms with van der Waals surface area (Å²) in [7, 11) is 0. The molecule has 0 bridgehead atoms. The van der Waals surface area contributed by atoms with E-state index in [9.17, 15) is 23.2 Å². The Morgan fingerprint density at radius 1 is 1.29 bits per heavy atom. The van der Waals surface area contributed by atoms with E-state index in [0.717, 1.165) is 29.5 Å². The van der Waals surface area contributed by atoms with Gasteiger partial charge in [0.15, 0.2) is 0 Å². The molecule has 1 heterocycles. The molecule has 152 valence electrons. The highest BCUT2D eigenvalue weighted by molar-refractivity contribution is 8.18. The Kier molecular flexibility index (Phi) is 7.98. The maximum Gasteiger partial charge on any atom is 0.387 e. The van der Waals surface area contributed by atoms with Crippen LogP contribution in [-0.2, 0) is 9.59 Å². The fraction of sp³-hybridized carbons (Fsp3) is 0.421. The monoisotopic (exact) mass is 412 g/mol. The number of thioether (sulfide) groups is 1. The molecular weight excluding hydrogens is 390 g/mol. The number of nitrogens with one attached hydrogen (secondary N) is 1. The Morgan fingerprint density at radius 3 is 2.57 bits per heavy atom. The van der Waals surface area contributed by atoms with Crippen molar-refractivity contribution in [2.75, 3.05) is 13.1 Å². The lowest BCUT2D eigenvalue weighted by molar-refractivity contribution is -0.126. The Labute approximate surface area is 166 Å². The molecule has 0 spiro atoms. The van der Waals surface area contributed by atoms with Crippen molar-refractivity contribution in [3.63, 3.8) is 0 Å². The van der Waals surface area contributed by atoms with E-state index in [1.165, 1.54) is 30.3 Å². The van der Waals surface area contributed by atoms with Gasteiger partial charge in [-0.1, -0.05) is 32.4 Å². The largest absolute Gasteiger partial charge is 0.435 e. The van der Waals surface area contributed by atoms with E-state index in [2.05, 4.69) is 10.1 Å². The number of amides is 3. The molecule has 0 unspecified atom stereocenters. The molecule has 0 aromatic heterocycles. The SMILES string of the molecule is CCC[C@@H](C)C(=O)NCCN1C(=O)S/C(=C/c2ccc(OC(F)F)cc2)C1=O. The zero-order chi connectivity index (χ0) is 20.7. The van der Waals surface area contributed by atoms with Gasteiger partial charge in [-0.3, -0.25) is 19.3 Å². The van der Waals surface area contributed by atoms with Crippen LogP contribution >= 0.6 is 11.8 Å². The van der Waals surface area contributed by atoms with Gasteiger partial charge < -0.3 is 10.1 Å². The minimum Gasteiger partial charge on any atom is -0.435 e. The van der Waals surface area contributed by atoms with Crippen LogP contribution < -0.4 is 10.1 Å². The van der Waals surface area contributed by atoms with Gasteiger partial charge in [0.1, 0.15) is 5.75 Å². The van der Waals surface area contributed by atoms with Crippen molar-refractivity contribution in [3.8, 4) is 5.75 Å². The lowest BCUT2D eigenvalue weighted by Crippen LogP contribution is -2.38. The second-order valence-electron chi connectivity index (χ2n) is 6.26. The lowest BCUT2D eigenvalue weighted by atomic mass is 10.1. The molecule has 0 aliphatic carbocycles. The molecule has 9 heteroatoms. The lowest BCUT2D eigenvalue weighted by Gasteiger charge is -2.15. The number of alkyl halides is 2. The molecular formula is C19H22F2N2O4S. The van der Waals surface area contributed by atoms with E-state index in [4.69, 9.17) is 0 Å². The Balaban J connectivity index is 1.93. The zero-order valence-electron chi connectivity index (χ0n) is 15.6. The number of hydrogen-bond donors (Lipinski definition) is 1. The standard InChI is InChI=1S/C19H22F2N2O4S/c1-3-4-12(2)16(24)22-9-10-23-17(25)15(28-19(23)26)11-13-5-7-14(8-6-13)27-18(20)21/h5-8,11-12,18H,3-4,9-10H2,1-2H3,(H,22,24)/b15-11+/t12-/m1/s1. The quantitative estimate of drug-likeness (QED) is 0.623. The maximum absolute atomic E-state index is 12.4. The number of imide groups is 1. The van der Waals surface area contributed by atoms with Gasteiger partial charge >= 0.3 is 6.61 Å². The van der Waals surface area contributed by atoms with E-state index >= 15 is 0 Å². The van der Waals surface area contributed by atoms with Crippen LogP contribution in [0.4, 0.5) is 13.6 Å². The van der Waals surface area contributed by atoms with Gasteiger partial charge in [0.25, 0.3) is 11.1 Å². The van der Waals surface area contributed by atoms with Crippen LogP contribution in [0.25, 0.3) is 6.08 Å². The van der Waals surface area contributed by atoms with Crippen LogP contribution in [0.15, 0.2) is 29.2 Å². The first kappa shape index (κ1) is 21.9. The summed E-state index contributed by atoms with van der Waals surface area (Å²) in [6, 6.07) is 5.74. The molecule has 3 amide bonds. The molecule has 0 radical (unpaired) electrons. The van der Waals surface area contributed by atoms with E-state index in [0.29, 0.717) is 5.56 Å². The third kappa shape index (κ3) is 6.05. The molecule has 1 aliphatic heterocycles. The Bertz CT molecular complexity index is 753. The van der Waals surface area contributed by atoms with Crippen molar-refractivity contribution in [3.05, 3.63) is 34.7 Å². The maximum atomic E-state index is 12.4. The first-order valence-electron chi connectivity index (χ1n) is 8.89. The summed E-state index contributed by atoms with van der Waals surface area (Å²) in [6.45, 7) is 1.20. The molecule has 1 saturated heterocycles. The number of halogens is 2. The molecule has 1 aromatic carbocycles. The van der Waals surface area contributed by atoms with Gasteiger partial charge in [-0.05, 0) is 42.0 Å². The first-order valence-corrected chi connectivity index (χ1v) is 9.71. The summed E-state index contributed by atoms with van der Waals surface area (Å²) in [5.41, 5.74) is 0.578. The summed E-state index contributed by atoms with van der Waals surface area (Å²) in [5, 5.41) is 2.32. The molecule has 1 N–H and O–H groups in total. The second-order valence-corrected chi connectivity index (χ2v) is 7.25. The Hall–Kier alpha value is -2.42. The minimum absolute atomic E-state index is 0.00768. The third-order valence-electron chi connectivity index (χ3n) is 4.08. The fourth-order valence-corrected chi connectivity index (χ4v) is 3.48. The van der Waals surface area contributed by atoms with Crippen molar-refractivity contribution >= 4 is 34.9 Å². The van der Waals surface area contributed by atoms with Crippen LogP contribution in [0, 0.1) is 5.92 Å². The van der Waals surface area contributed by atoms with Crippen LogP contribution in [0.1, 0.15) is 32.3 Å². The summed E-state index contributed by atoms with van der Waals surface area (Å²) >= 11 is 0.799. The van der Waals surface area contributed by atoms with Gasteiger partial charge in [0, 0.05) is 19.0 Å². The molecule has 1 aromatic rings. The second kappa shape index (κ2) is 10.2. The number of hydrogen-bond acceptors (Lipinski definition) is 5. The number of rotatable bonds is 9. The number of nitrogens with zero attached hydrogens (tertiary/aromatic N) is 1. The zero-order valence-corrected chi connectivity index (χ0v) is 16.4. The topological polar surface area (TPSA) is 75.7 Å². The van der Waals surface area contributed by atoms with Gasteiger partial charge in [-0.25, -0.2) is 0 Å². The van der Waals surface area contributed by atoms with Crippen molar-refractivity contribution < 1.29 is 27.9 Å². The number of carbonyl (C=O) groups excluding carboxylic acids is 3. The average Bonchev–Trinajstić information content (AvgIpc) is 2.90. The van der Waals surface area contributed by atoms with Crippen LogP contribution in [0.2, 0.25) is 0 Å². The van der Waals surface area contributed by atoms with Crippen molar-refractivity contribution in [2.24, 2.45) is 5.92 Å². The van der Waals surface area contributed by atoms with Crippen molar-refractivity contribution in [2.45, 2.75) is 33.3 Å². The van der Waals surface area contributed by atoms with E-state index in [1.807, 2.05) is 13.8 Å². The van der Waals surface area contributed by atoms with Crippen molar-refractivity contribution in [1.29, 1.82) is 0 Å². The molecule has 1 aliphatic rings. The van der Waals surface area contributed by atoms with Crippen LogP contribution in [0.5, 0.6) is 5.75 Å². The molecule has 1 fully saturated rings. The highest BCUT2D eigenvalue weighted by atomic mass is 32.2. The van der Waals surface area contributed by atoms with Gasteiger partial charge in [-0.15, -0.1) is 0 Å². The van der Waals surface area contributed by atoms with E-state index in [-0.39, 0.29) is 35.6 Å². The molecule has 0 saturated carbocycles. The first-order chi connectivity index (χ1) is 13.3. The number of ether oxygens (including phenoxy) is 1. The van der Waals surface area contributed by atoms with Crippen LogP contribution in [-0.4, -0.2) is 41.7 Å². The number of benzene rings is 1. The molecule has 6 nitrogen and oxygen atoms in total. The average molecular weight is 412 g/mol. The summed E-state index contributed by atoms with van der Waals surface area (Å²) in [5.74, 6) is -0.653. The smallest absolute Gasteiger partial charge is 0.387 e. The predicted molar refractivity (Wildman–Crippen MR) is 103 cm³/mol. The molecule has 28 heavy (non-hydrogen) atoms. The number of carbonyl (C=O) groups is 3. The van der Waals surface area contributed by atoms with E-state index in [1.54, 1.807) is 0 Å². The molecule has 2 rings (SSSR count). The van der Waals surface area contributed by atoms with Crippen LogP contribution in [0.3, 0.4) is 0 Å². The summed E-state index contributed by atoms with van der Waals surface area (Å²) in [6.07, 6.45) is 3.19.